The summed E-state index contributed by atoms with van der Waals surface area (Å²) in [7, 11) is 0. The van der Waals surface area contributed by atoms with E-state index in [0.717, 1.165) is 32.5 Å². The monoisotopic (exact) mass is 640 g/mol. The molecule has 3 aromatic rings. The maximum Gasteiger partial charge on any atom is 0.233 e. The fourth-order valence-electron chi connectivity index (χ4n) is 5.04. The summed E-state index contributed by atoms with van der Waals surface area (Å²) in [6.45, 7) is 6.98. The lowest BCUT2D eigenvalue weighted by atomic mass is 10.1. The van der Waals surface area contributed by atoms with Crippen LogP contribution in [0.2, 0.25) is 15.9 Å². The number of hydrogen-bond donors (Lipinski definition) is 3. The largest absolute Gasteiger partial charge is 0.352 e. The van der Waals surface area contributed by atoms with Crippen molar-refractivity contribution in [2.45, 2.75) is 84.7 Å². The molecule has 0 radical (unpaired) electrons. The summed E-state index contributed by atoms with van der Waals surface area (Å²) in [6.07, 6.45) is 9.74. The number of likely N-dealkylation sites (N-methyl/N-ethyl adjacent to an activating group) is 1. The summed E-state index contributed by atoms with van der Waals surface area (Å²) in [5.41, 5.74) is 1.24. The smallest absolute Gasteiger partial charge is 0.233 e. The van der Waals surface area contributed by atoms with Crippen LogP contribution in [0, 0.1) is 12.7 Å². The minimum atomic E-state index is -0.250. The molecule has 1 atom stereocenters. The van der Waals surface area contributed by atoms with E-state index in [1.165, 1.54) is 44.6 Å². The molecule has 14 heteroatoms. The molecular formula is C28H40Cl3FN10. The predicted molar refractivity (Wildman–Crippen MR) is 170 cm³/mol. The van der Waals surface area contributed by atoms with Crippen molar-refractivity contribution in [2.24, 2.45) is 0 Å². The van der Waals surface area contributed by atoms with Gasteiger partial charge in [-0.3, -0.25) is 4.90 Å². The van der Waals surface area contributed by atoms with Crippen molar-refractivity contribution in [1.82, 2.24) is 34.8 Å². The number of aryl methyl sites for hydroxylation is 1. The van der Waals surface area contributed by atoms with Crippen molar-refractivity contribution < 1.29 is 4.39 Å². The lowest BCUT2D eigenvalue weighted by Crippen LogP contribution is -2.35. The molecule has 2 aromatic heterocycles. The summed E-state index contributed by atoms with van der Waals surface area (Å²) in [4.78, 5) is 26.7. The van der Waals surface area contributed by atoms with Gasteiger partial charge in [-0.2, -0.15) is 29.9 Å². The van der Waals surface area contributed by atoms with Gasteiger partial charge >= 0.3 is 0 Å². The first-order chi connectivity index (χ1) is 19.8. The van der Waals surface area contributed by atoms with Gasteiger partial charge in [0.1, 0.15) is 5.82 Å². The number of nitrogens with zero attached hydrogens (tertiary/aromatic N) is 7. The third-order valence-electron chi connectivity index (χ3n) is 7.21. The zero-order chi connectivity index (χ0) is 29.2. The number of benzene rings is 1. The first-order valence-electron chi connectivity index (χ1n) is 14.1. The Kier molecular flexibility index (Phi) is 13.6. The van der Waals surface area contributed by atoms with E-state index >= 15 is 0 Å². The van der Waals surface area contributed by atoms with Crippen LogP contribution >= 0.6 is 34.8 Å². The fraction of sp³-hybridized carbons (Fsp3) is 0.571. The highest BCUT2D eigenvalue weighted by Gasteiger charge is 2.23. The average molecular weight is 642 g/mol. The van der Waals surface area contributed by atoms with Crippen LogP contribution in [-0.2, 0) is 0 Å². The Morgan fingerprint density at radius 1 is 0.833 bits per heavy atom. The van der Waals surface area contributed by atoms with E-state index in [1.54, 1.807) is 13.0 Å². The fourth-order valence-corrected chi connectivity index (χ4v) is 5.65. The van der Waals surface area contributed by atoms with Crippen LogP contribution in [0.4, 0.5) is 27.9 Å². The van der Waals surface area contributed by atoms with E-state index in [-0.39, 0.29) is 29.1 Å². The summed E-state index contributed by atoms with van der Waals surface area (Å²) in [5.74, 6) is 1.29. The van der Waals surface area contributed by atoms with Gasteiger partial charge < -0.3 is 16.0 Å². The third kappa shape index (κ3) is 10.6. The topological polar surface area (TPSA) is 117 Å². The van der Waals surface area contributed by atoms with E-state index in [9.17, 15) is 4.39 Å². The van der Waals surface area contributed by atoms with Crippen molar-refractivity contribution in [2.75, 3.05) is 35.6 Å². The maximum atomic E-state index is 14.0. The molecule has 3 N–H and O–H groups in total. The Morgan fingerprint density at radius 2 is 1.45 bits per heavy atom. The van der Waals surface area contributed by atoms with Crippen molar-refractivity contribution in [1.29, 1.82) is 0 Å². The van der Waals surface area contributed by atoms with E-state index in [4.69, 9.17) is 34.8 Å². The molecule has 1 aromatic carbocycles. The minimum absolute atomic E-state index is 0. The molecule has 1 saturated carbocycles. The molecule has 230 valence electrons. The lowest BCUT2D eigenvalue weighted by Gasteiger charge is -2.23. The molecule has 3 heterocycles. The van der Waals surface area contributed by atoms with Gasteiger partial charge in [0.25, 0.3) is 0 Å². The molecule has 1 aliphatic carbocycles. The zero-order valence-electron chi connectivity index (χ0n) is 23.3. The van der Waals surface area contributed by atoms with Crippen LogP contribution in [-0.4, -0.2) is 66.5 Å². The molecular weight excluding hydrogens is 602 g/mol. The maximum absolute atomic E-state index is 14.0. The lowest BCUT2D eigenvalue weighted by molar-refractivity contribution is 0.277. The van der Waals surface area contributed by atoms with Gasteiger partial charge in [0, 0.05) is 24.3 Å². The van der Waals surface area contributed by atoms with Crippen LogP contribution in [0.25, 0.3) is 0 Å². The second-order valence-corrected chi connectivity index (χ2v) is 11.2. The highest BCUT2D eigenvalue weighted by molar-refractivity contribution is 6.33. The van der Waals surface area contributed by atoms with Gasteiger partial charge in [-0.05, 0) is 98.2 Å². The quantitative estimate of drug-likeness (QED) is 0.213. The zero-order valence-corrected chi connectivity index (χ0v) is 25.6. The Morgan fingerprint density at radius 3 is 2.07 bits per heavy atom. The highest BCUT2D eigenvalue weighted by Crippen LogP contribution is 2.23. The molecule has 2 aliphatic rings. The Labute approximate surface area is 262 Å². The summed E-state index contributed by atoms with van der Waals surface area (Å²) >= 11 is 16.0. The van der Waals surface area contributed by atoms with Crippen LogP contribution in [0.3, 0.4) is 0 Å². The molecule has 1 saturated heterocycles. The Hall–Kier alpha value is -2.60. The van der Waals surface area contributed by atoms with Gasteiger partial charge in [-0.25, -0.2) is 4.39 Å². The van der Waals surface area contributed by atoms with Gasteiger partial charge in [0.2, 0.25) is 33.7 Å². The Bertz CT molecular complexity index is 1230. The number of halogens is 4. The third-order valence-corrected chi connectivity index (χ3v) is 7.71. The number of likely N-dealkylation sites (tertiary alicyclic amines) is 1. The second-order valence-electron chi connectivity index (χ2n) is 10.2. The number of nitrogens with one attached hydrogen (secondary N) is 3. The number of anilines is 4. The van der Waals surface area contributed by atoms with E-state index in [2.05, 4.69) is 57.7 Å². The van der Waals surface area contributed by atoms with Crippen molar-refractivity contribution in [3.05, 3.63) is 45.4 Å². The van der Waals surface area contributed by atoms with Gasteiger partial charge in [-0.1, -0.05) is 46.1 Å². The molecule has 2 fully saturated rings. The van der Waals surface area contributed by atoms with E-state index in [1.807, 2.05) is 6.07 Å². The number of hydrogen-bond acceptors (Lipinski definition) is 10. The molecule has 0 amide bonds. The first kappa shape index (κ1) is 33.9. The number of rotatable bonds is 8. The summed E-state index contributed by atoms with van der Waals surface area (Å²) in [6, 6.07) is 5.94. The molecule has 0 unspecified atom stereocenters. The molecule has 5 rings (SSSR count). The second kappa shape index (κ2) is 16.9. The highest BCUT2D eigenvalue weighted by atomic mass is 35.5. The normalized spacial score (nSPS) is 17.4. The van der Waals surface area contributed by atoms with Gasteiger partial charge in [0.15, 0.2) is 0 Å². The van der Waals surface area contributed by atoms with Gasteiger partial charge in [0.05, 0.1) is 0 Å². The van der Waals surface area contributed by atoms with Crippen molar-refractivity contribution in [3.8, 4) is 0 Å². The standard InChI is InChI=1S/C24H36FN7.C3Cl3N3.CH4/c1-3-32-14-8-11-20(32)16-26-22-29-23(27-18-9-6-4-5-7-10-18)31-24(30-22)28-19-13-12-17(2)21(25)15-19;4-1-7-2(5)9-3(6)8-1;/h12-13,15,18,20H,3-11,14,16H2,1-2H3,(H3,26,27,28,29,30,31);;1H4/t20-;;/m0../s1. The SMILES string of the molecule is C.CCN1CCC[C@H]1CNc1nc(Nc2ccc(C)c(F)c2)nc(NC2CCCCCC2)n1.Clc1nc(Cl)nc(Cl)n1. The van der Waals surface area contributed by atoms with E-state index < -0.39 is 0 Å². The number of aromatic nitrogens is 6. The first-order valence-corrected chi connectivity index (χ1v) is 15.2. The summed E-state index contributed by atoms with van der Waals surface area (Å²) in [5, 5.41) is 10.1. The molecule has 42 heavy (non-hydrogen) atoms. The average Bonchev–Trinajstić information content (AvgIpc) is 3.23. The van der Waals surface area contributed by atoms with Crippen LogP contribution in [0.1, 0.15) is 71.3 Å². The van der Waals surface area contributed by atoms with Crippen LogP contribution in [0.15, 0.2) is 18.2 Å². The van der Waals surface area contributed by atoms with Crippen LogP contribution < -0.4 is 16.0 Å². The predicted octanol–water partition coefficient (Wildman–Crippen LogP) is 7.56. The van der Waals surface area contributed by atoms with Crippen LogP contribution in [0.5, 0.6) is 0 Å². The van der Waals surface area contributed by atoms with E-state index in [0.29, 0.717) is 41.2 Å². The molecule has 10 nitrogen and oxygen atoms in total. The van der Waals surface area contributed by atoms with Gasteiger partial charge in [-0.15, -0.1) is 0 Å². The molecule has 0 bridgehead atoms. The Balaban J connectivity index is 0.000000415. The molecule has 1 aliphatic heterocycles. The molecule has 0 spiro atoms. The summed E-state index contributed by atoms with van der Waals surface area (Å²) < 4.78 is 14.0. The minimum Gasteiger partial charge on any atom is -0.352 e. The van der Waals surface area contributed by atoms with Crippen molar-refractivity contribution >= 4 is 58.3 Å². The van der Waals surface area contributed by atoms with Crippen molar-refractivity contribution in [3.63, 3.8) is 0 Å².